The summed E-state index contributed by atoms with van der Waals surface area (Å²) >= 11 is 0. The fourth-order valence-corrected chi connectivity index (χ4v) is 2.67. The topological polar surface area (TPSA) is 58.2 Å². The summed E-state index contributed by atoms with van der Waals surface area (Å²) in [5, 5.41) is 5.74. The number of carbonyl (C=O) groups excluding carboxylic acids is 2. The fraction of sp³-hybridized carbons (Fsp3) is 0.833. The highest BCUT2D eigenvalue weighted by atomic mass is 16.2. The molecule has 0 aromatic rings. The van der Waals surface area contributed by atoms with Crippen LogP contribution in [0.1, 0.15) is 46.0 Å². The zero-order valence-corrected chi connectivity index (χ0v) is 10.0. The Bertz CT molecular complexity index is 312. The first kappa shape index (κ1) is 11.4. The summed E-state index contributed by atoms with van der Waals surface area (Å²) in [6.45, 7) is 4.47. The summed E-state index contributed by atoms with van der Waals surface area (Å²) in [6.07, 6.45) is 4.38. The van der Waals surface area contributed by atoms with Gasteiger partial charge in [-0.15, -0.1) is 0 Å². The van der Waals surface area contributed by atoms with Crippen molar-refractivity contribution in [1.29, 1.82) is 0 Å². The van der Waals surface area contributed by atoms with Gasteiger partial charge in [0, 0.05) is 12.5 Å². The summed E-state index contributed by atoms with van der Waals surface area (Å²) in [4.78, 5) is 22.8. The highest BCUT2D eigenvalue weighted by molar-refractivity contribution is 5.90. The third kappa shape index (κ3) is 2.54. The van der Waals surface area contributed by atoms with Gasteiger partial charge in [-0.05, 0) is 31.1 Å². The molecule has 1 aliphatic carbocycles. The largest absolute Gasteiger partial charge is 0.352 e. The lowest BCUT2D eigenvalue weighted by molar-refractivity contribution is -0.126. The van der Waals surface area contributed by atoms with Gasteiger partial charge in [-0.2, -0.15) is 0 Å². The van der Waals surface area contributed by atoms with Gasteiger partial charge in [0.15, 0.2) is 0 Å². The van der Waals surface area contributed by atoms with E-state index in [1.165, 1.54) is 0 Å². The van der Waals surface area contributed by atoms with Gasteiger partial charge in [0.2, 0.25) is 11.8 Å². The number of carbonyl (C=O) groups is 2. The van der Waals surface area contributed by atoms with E-state index in [-0.39, 0.29) is 17.9 Å². The van der Waals surface area contributed by atoms with Gasteiger partial charge in [0.1, 0.15) is 6.04 Å². The van der Waals surface area contributed by atoms with E-state index in [1.54, 1.807) is 0 Å². The van der Waals surface area contributed by atoms with E-state index >= 15 is 0 Å². The maximum atomic E-state index is 11.8. The lowest BCUT2D eigenvalue weighted by Crippen LogP contribution is -2.45. The number of amides is 2. The molecule has 1 heterocycles. The van der Waals surface area contributed by atoms with Crippen LogP contribution in [0, 0.1) is 5.41 Å². The molecule has 90 valence electrons. The van der Waals surface area contributed by atoms with E-state index in [1.807, 2.05) is 0 Å². The molecule has 0 radical (unpaired) electrons. The van der Waals surface area contributed by atoms with Crippen molar-refractivity contribution < 1.29 is 9.59 Å². The molecule has 2 atom stereocenters. The van der Waals surface area contributed by atoms with Crippen LogP contribution in [0.15, 0.2) is 0 Å². The molecule has 0 aromatic heterocycles. The predicted octanol–water partition coefficient (Wildman–Crippen LogP) is 0.960. The third-order valence-electron chi connectivity index (χ3n) is 3.63. The molecule has 1 unspecified atom stereocenters. The number of hydrogen-bond acceptors (Lipinski definition) is 2. The lowest BCUT2D eigenvalue weighted by Gasteiger charge is -2.19. The Labute approximate surface area is 96.2 Å². The summed E-state index contributed by atoms with van der Waals surface area (Å²) in [5.41, 5.74) is 0.344. The Balaban J connectivity index is 1.82. The summed E-state index contributed by atoms with van der Waals surface area (Å²) < 4.78 is 0. The number of hydrogen-bond donors (Lipinski definition) is 2. The van der Waals surface area contributed by atoms with E-state index in [4.69, 9.17) is 0 Å². The second-order valence-electron chi connectivity index (χ2n) is 5.77. The van der Waals surface area contributed by atoms with Crippen LogP contribution in [0.25, 0.3) is 0 Å². The molecule has 2 N–H and O–H groups in total. The highest BCUT2D eigenvalue weighted by Gasteiger charge is 2.34. The van der Waals surface area contributed by atoms with Crippen molar-refractivity contribution in [2.24, 2.45) is 5.41 Å². The predicted molar refractivity (Wildman–Crippen MR) is 60.7 cm³/mol. The monoisotopic (exact) mass is 224 g/mol. The van der Waals surface area contributed by atoms with Gasteiger partial charge in [-0.25, -0.2) is 0 Å². The Morgan fingerprint density at radius 2 is 2.19 bits per heavy atom. The van der Waals surface area contributed by atoms with Gasteiger partial charge in [-0.3, -0.25) is 9.59 Å². The molecule has 0 bridgehead atoms. The molecule has 1 saturated carbocycles. The van der Waals surface area contributed by atoms with Crippen LogP contribution in [-0.4, -0.2) is 23.9 Å². The molecular weight excluding hydrogens is 204 g/mol. The molecule has 1 saturated heterocycles. The average Bonchev–Trinajstić information content (AvgIpc) is 2.73. The Morgan fingerprint density at radius 3 is 2.69 bits per heavy atom. The number of rotatable bonds is 2. The minimum Gasteiger partial charge on any atom is -0.352 e. The molecule has 2 amide bonds. The van der Waals surface area contributed by atoms with Crippen LogP contribution < -0.4 is 10.6 Å². The van der Waals surface area contributed by atoms with Gasteiger partial charge in [-0.1, -0.05) is 13.8 Å². The van der Waals surface area contributed by atoms with Crippen molar-refractivity contribution in [2.75, 3.05) is 0 Å². The molecule has 4 heteroatoms. The highest BCUT2D eigenvalue weighted by Crippen LogP contribution is 2.36. The van der Waals surface area contributed by atoms with Crippen molar-refractivity contribution in [3.63, 3.8) is 0 Å². The van der Waals surface area contributed by atoms with Crippen LogP contribution >= 0.6 is 0 Å². The number of nitrogens with one attached hydrogen (secondary N) is 2. The van der Waals surface area contributed by atoms with Crippen LogP contribution in [-0.2, 0) is 9.59 Å². The zero-order valence-electron chi connectivity index (χ0n) is 10.0. The summed E-state index contributed by atoms with van der Waals surface area (Å²) in [5.74, 6) is -0.0135. The van der Waals surface area contributed by atoms with Crippen molar-refractivity contribution >= 4 is 11.8 Å². The summed E-state index contributed by atoms with van der Waals surface area (Å²) in [7, 11) is 0. The maximum absolute atomic E-state index is 11.8. The molecule has 2 fully saturated rings. The second kappa shape index (κ2) is 4.07. The normalized spacial score (nSPS) is 32.5. The Kier molecular flexibility index (Phi) is 2.91. The van der Waals surface area contributed by atoms with Crippen LogP contribution in [0.2, 0.25) is 0 Å². The quantitative estimate of drug-likeness (QED) is 0.734. The van der Waals surface area contributed by atoms with E-state index in [9.17, 15) is 9.59 Å². The van der Waals surface area contributed by atoms with E-state index in [0.29, 0.717) is 24.3 Å². The summed E-state index contributed by atoms with van der Waals surface area (Å²) in [6, 6.07) is -0.00351. The molecule has 0 spiro atoms. The van der Waals surface area contributed by atoms with Crippen molar-refractivity contribution in [3.05, 3.63) is 0 Å². The van der Waals surface area contributed by atoms with Gasteiger partial charge < -0.3 is 10.6 Å². The molecule has 2 aliphatic rings. The van der Waals surface area contributed by atoms with E-state index < -0.39 is 0 Å². The van der Waals surface area contributed by atoms with E-state index in [2.05, 4.69) is 24.5 Å². The SMILES string of the molecule is CC1(C)CCC(NC(=O)[C@H]2CCC(=O)N2)C1. The minimum absolute atomic E-state index is 0.00597. The first-order chi connectivity index (χ1) is 7.46. The van der Waals surface area contributed by atoms with Gasteiger partial charge >= 0.3 is 0 Å². The van der Waals surface area contributed by atoms with E-state index in [0.717, 1.165) is 19.3 Å². The first-order valence-corrected chi connectivity index (χ1v) is 6.06. The minimum atomic E-state index is -0.295. The molecule has 1 aliphatic heterocycles. The Hall–Kier alpha value is -1.06. The van der Waals surface area contributed by atoms with Gasteiger partial charge in [0.05, 0.1) is 0 Å². The van der Waals surface area contributed by atoms with Crippen LogP contribution in [0.3, 0.4) is 0 Å². The zero-order chi connectivity index (χ0) is 11.8. The van der Waals surface area contributed by atoms with Gasteiger partial charge in [0.25, 0.3) is 0 Å². The second-order valence-corrected chi connectivity index (χ2v) is 5.77. The van der Waals surface area contributed by atoms with Crippen molar-refractivity contribution in [2.45, 2.75) is 58.0 Å². The molecule has 0 aromatic carbocycles. The standard InChI is InChI=1S/C12H20N2O2/c1-12(2)6-5-8(7-12)13-11(16)9-3-4-10(15)14-9/h8-9H,3-7H2,1-2H3,(H,13,16)(H,14,15)/t8?,9-/m1/s1. The fourth-order valence-electron chi connectivity index (χ4n) is 2.67. The average molecular weight is 224 g/mol. The Morgan fingerprint density at radius 1 is 1.44 bits per heavy atom. The molecular formula is C12H20N2O2. The van der Waals surface area contributed by atoms with Crippen molar-refractivity contribution in [1.82, 2.24) is 10.6 Å². The first-order valence-electron chi connectivity index (χ1n) is 6.06. The van der Waals surface area contributed by atoms with Crippen LogP contribution in [0.4, 0.5) is 0 Å². The lowest BCUT2D eigenvalue weighted by atomic mass is 9.92. The molecule has 4 nitrogen and oxygen atoms in total. The van der Waals surface area contributed by atoms with Crippen LogP contribution in [0.5, 0.6) is 0 Å². The maximum Gasteiger partial charge on any atom is 0.242 e. The third-order valence-corrected chi connectivity index (χ3v) is 3.63. The molecule has 16 heavy (non-hydrogen) atoms. The molecule has 2 rings (SSSR count). The van der Waals surface area contributed by atoms with Crippen molar-refractivity contribution in [3.8, 4) is 0 Å². The smallest absolute Gasteiger partial charge is 0.242 e.